The van der Waals surface area contributed by atoms with Gasteiger partial charge in [-0.3, -0.25) is 0 Å². The molecule has 1 aliphatic carbocycles. The first-order valence-electron chi connectivity index (χ1n) is 6.74. The fourth-order valence-electron chi connectivity index (χ4n) is 2.38. The molecule has 1 aromatic heterocycles. The van der Waals surface area contributed by atoms with Gasteiger partial charge in [0, 0.05) is 11.1 Å². The van der Waals surface area contributed by atoms with E-state index in [1.165, 1.54) is 24.1 Å². The van der Waals surface area contributed by atoms with Crippen LogP contribution in [0.3, 0.4) is 0 Å². The van der Waals surface area contributed by atoms with Crippen LogP contribution in [-0.2, 0) is 5.41 Å². The van der Waals surface area contributed by atoms with Crippen LogP contribution < -0.4 is 0 Å². The Morgan fingerprint density at radius 1 is 1.21 bits per heavy atom. The van der Waals surface area contributed by atoms with Crippen molar-refractivity contribution in [3.63, 3.8) is 0 Å². The molecule has 0 bridgehead atoms. The van der Waals surface area contributed by atoms with Gasteiger partial charge in [-0.05, 0) is 44.2 Å². The zero-order chi connectivity index (χ0) is 13.5. The second-order valence-corrected chi connectivity index (χ2v) is 6.21. The van der Waals surface area contributed by atoms with E-state index in [-0.39, 0.29) is 5.41 Å². The number of hydrogen-bond acceptors (Lipinski definition) is 2. The lowest BCUT2D eigenvalue weighted by atomic mass is 9.83. The van der Waals surface area contributed by atoms with E-state index in [1.54, 1.807) is 0 Å². The summed E-state index contributed by atoms with van der Waals surface area (Å²) in [5.74, 6) is 1.63. The monoisotopic (exact) mass is 270 g/mol. The van der Waals surface area contributed by atoms with Crippen molar-refractivity contribution in [3.05, 3.63) is 58.1 Å². The highest BCUT2D eigenvalue weighted by Crippen LogP contribution is 2.40. The van der Waals surface area contributed by atoms with E-state index < -0.39 is 0 Å². The molecule has 2 nitrogen and oxygen atoms in total. The van der Waals surface area contributed by atoms with Crippen molar-refractivity contribution in [2.75, 3.05) is 0 Å². The molecule has 0 radical (unpaired) electrons. The number of aromatic nitrogens is 2. The smallest absolute Gasteiger partial charge is 0.130 e. The SMILES string of the molecule is CC(C)(c1ccccc1)c1nc(=S)cc(C2CC2)[nH]1. The Kier molecular flexibility index (Phi) is 3.02. The first-order valence-corrected chi connectivity index (χ1v) is 7.15. The zero-order valence-corrected chi connectivity index (χ0v) is 12.1. The largest absolute Gasteiger partial charge is 0.346 e. The first-order chi connectivity index (χ1) is 9.07. The average molecular weight is 270 g/mol. The van der Waals surface area contributed by atoms with Crippen molar-refractivity contribution in [3.8, 4) is 0 Å². The molecule has 3 rings (SSSR count). The predicted octanol–water partition coefficient (Wildman–Crippen LogP) is 4.34. The minimum absolute atomic E-state index is 0.153. The number of H-pyrrole nitrogens is 1. The summed E-state index contributed by atoms with van der Waals surface area (Å²) in [7, 11) is 0. The highest BCUT2D eigenvalue weighted by Gasteiger charge is 2.29. The first kappa shape index (κ1) is 12.5. The Balaban J connectivity index is 2.08. The van der Waals surface area contributed by atoms with Gasteiger partial charge in [-0.2, -0.15) is 0 Å². The summed E-state index contributed by atoms with van der Waals surface area (Å²) in [6.45, 7) is 4.37. The van der Waals surface area contributed by atoms with Gasteiger partial charge in [-0.1, -0.05) is 42.5 Å². The van der Waals surface area contributed by atoms with Gasteiger partial charge in [0.05, 0.1) is 0 Å². The summed E-state index contributed by atoms with van der Waals surface area (Å²) in [6, 6.07) is 12.5. The van der Waals surface area contributed by atoms with Crippen molar-refractivity contribution in [2.45, 2.75) is 38.0 Å². The molecular weight excluding hydrogens is 252 g/mol. The Morgan fingerprint density at radius 3 is 2.53 bits per heavy atom. The van der Waals surface area contributed by atoms with Gasteiger partial charge in [0.25, 0.3) is 0 Å². The molecule has 3 heteroatoms. The van der Waals surface area contributed by atoms with Crippen LogP contribution in [0.15, 0.2) is 36.4 Å². The number of benzene rings is 1. The molecule has 1 fully saturated rings. The molecule has 0 amide bonds. The van der Waals surface area contributed by atoms with E-state index in [1.807, 2.05) is 12.1 Å². The maximum absolute atomic E-state index is 5.32. The van der Waals surface area contributed by atoms with Crippen molar-refractivity contribution < 1.29 is 0 Å². The standard InChI is InChI=1S/C16H18N2S/c1-16(2,12-6-4-3-5-7-12)15-17-13(11-8-9-11)10-14(19)18-15/h3-7,10-11H,8-9H2,1-2H3,(H,17,18,19). The highest BCUT2D eigenvalue weighted by molar-refractivity contribution is 7.71. The van der Waals surface area contributed by atoms with Crippen molar-refractivity contribution in [1.82, 2.24) is 9.97 Å². The van der Waals surface area contributed by atoms with Gasteiger partial charge >= 0.3 is 0 Å². The normalized spacial score (nSPS) is 15.5. The van der Waals surface area contributed by atoms with Gasteiger partial charge in [0.1, 0.15) is 10.5 Å². The fourth-order valence-corrected chi connectivity index (χ4v) is 2.60. The second kappa shape index (κ2) is 4.57. The molecule has 1 aromatic carbocycles. The lowest BCUT2D eigenvalue weighted by Crippen LogP contribution is -2.23. The molecule has 1 saturated carbocycles. The Hall–Kier alpha value is -1.48. The van der Waals surface area contributed by atoms with Crippen LogP contribution in [0.1, 0.15) is 49.7 Å². The predicted molar refractivity (Wildman–Crippen MR) is 80.0 cm³/mol. The molecule has 2 aromatic rings. The molecule has 0 saturated heterocycles. The van der Waals surface area contributed by atoms with Gasteiger partial charge < -0.3 is 4.98 Å². The minimum Gasteiger partial charge on any atom is -0.346 e. The lowest BCUT2D eigenvalue weighted by Gasteiger charge is -2.25. The number of nitrogens with zero attached hydrogens (tertiary/aromatic N) is 1. The summed E-state index contributed by atoms with van der Waals surface area (Å²) in [6.07, 6.45) is 2.53. The summed E-state index contributed by atoms with van der Waals surface area (Å²) in [5, 5.41) is 0. The van der Waals surface area contributed by atoms with E-state index in [0.717, 1.165) is 5.82 Å². The van der Waals surface area contributed by atoms with Crippen LogP contribution in [0.5, 0.6) is 0 Å². The van der Waals surface area contributed by atoms with Crippen LogP contribution in [-0.4, -0.2) is 9.97 Å². The van der Waals surface area contributed by atoms with Crippen LogP contribution >= 0.6 is 12.2 Å². The van der Waals surface area contributed by atoms with E-state index in [0.29, 0.717) is 10.6 Å². The van der Waals surface area contributed by atoms with Crippen LogP contribution in [0, 0.1) is 4.64 Å². The Morgan fingerprint density at radius 2 is 1.89 bits per heavy atom. The number of aromatic amines is 1. The summed E-state index contributed by atoms with van der Waals surface area (Å²) in [5.41, 5.74) is 2.35. The molecule has 98 valence electrons. The molecule has 1 heterocycles. The molecule has 1 aliphatic rings. The number of rotatable bonds is 3. The Bertz CT molecular complexity index is 639. The van der Waals surface area contributed by atoms with Crippen LogP contribution in [0.4, 0.5) is 0 Å². The van der Waals surface area contributed by atoms with Gasteiger partial charge in [-0.15, -0.1) is 0 Å². The maximum Gasteiger partial charge on any atom is 0.130 e. The highest BCUT2D eigenvalue weighted by atomic mass is 32.1. The minimum atomic E-state index is -0.153. The molecule has 19 heavy (non-hydrogen) atoms. The fraction of sp³-hybridized carbons (Fsp3) is 0.375. The molecule has 0 unspecified atom stereocenters. The van der Waals surface area contributed by atoms with Gasteiger partial charge in [0.2, 0.25) is 0 Å². The van der Waals surface area contributed by atoms with Crippen molar-refractivity contribution in [2.24, 2.45) is 0 Å². The third-order valence-electron chi connectivity index (χ3n) is 3.87. The number of nitrogens with one attached hydrogen (secondary N) is 1. The summed E-state index contributed by atoms with van der Waals surface area (Å²) in [4.78, 5) is 8.06. The van der Waals surface area contributed by atoms with E-state index in [9.17, 15) is 0 Å². The molecule has 0 aliphatic heterocycles. The summed E-state index contributed by atoms with van der Waals surface area (Å²) < 4.78 is 0.694. The van der Waals surface area contributed by atoms with Crippen molar-refractivity contribution >= 4 is 12.2 Å². The molecule has 0 atom stereocenters. The summed E-state index contributed by atoms with van der Waals surface area (Å²) >= 11 is 5.32. The topological polar surface area (TPSA) is 28.7 Å². The lowest BCUT2D eigenvalue weighted by molar-refractivity contribution is 0.583. The number of hydrogen-bond donors (Lipinski definition) is 1. The Labute approximate surface area is 118 Å². The van der Waals surface area contributed by atoms with Gasteiger partial charge in [0.15, 0.2) is 0 Å². The van der Waals surface area contributed by atoms with E-state index in [2.05, 4.69) is 48.1 Å². The molecule has 1 N–H and O–H groups in total. The van der Waals surface area contributed by atoms with Crippen LogP contribution in [0.2, 0.25) is 0 Å². The molecular formula is C16H18N2S. The van der Waals surface area contributed by atoms with Crippen LogP contribution in [0.25, 0.3) is 0 Å². The van der Waals surface area contributed by atoms with Gasteiger partial charge in [-0.25, -0.2) is 4.98 Å². The third kappa shape index (κ3) is 2.47. The van der Waals surface area contributed by atoms with E-state index >= 15 is 0 Å². The zero-order valence-electron chi connectivity index (χ0n) is 11.3. The third-order valence-corrected chi connectivity index (χ3v) is 4.08. The average Bonchev–Trinajstić information content (AvgIpc) is 3.23. The van der Waals surface area contributed by atoms with Crippen molar-refractivity contribution in [1.29, 1.82) is 0 Å². The van der Waals surface area contributed by atoms with E-state index in [4.69, 9.17) is 12.2 Å². The quantitative estimate of drug-likeness (QED) is 0.840. The second-order valence-electron chi connectivity index (χ2n) is 5.79. The maximum atomic E-state index is 5.32. The molecule has 0 spiro atoms.